The van der Waals surface area contributed by atoms with E-state index in [9.17, 15) is 8.42 Å². The summed E-state index contributed by atoms with van der Waals surface area (Å²) in [4.78, 5) is -0.289. The Hall–Kier alpha value is -0.780. The number of benzene rings is 1. The van der Waals surface area contributed by atoms with E-state index < -0.39 is 10.1 Å². The molecule has 0 heterocycles. The molecule has 0 radical (unpaired) electrons. The second-order valence-electron chi connectivity index (χ2n) is 2.62. The van der Waals surface area contributed by atoms with Gasteiger partial charge in [-0.1, -0.05) is 11.6 Å². The molecule has 6 heteroatoms. The third kappa shape index (κ3) is 2.12. The molecular weight excluding hydrogens is 214 g/mol. The van der Waals surface area contributed by atoms with Crippen LogP contribution in [0.1, 0.15) is 5.56 Å². The molecule has 0 aliphatic rings. The predicted octanol–water partition coefficient (Wildman–Crippen LogP) is 1.48. The van der Waals surface area contributed by atoms with Gasteiger partial charge in [0, 0.05) is 5.69 Å². The molecule has 0 amide bonds. The second-order valence-corrected chi connectivity index (χ2v) is 4.39. The maximum atomic E-state index is 10.8. The highest BCUT2D eigenvalue weighted by Crippen LogP contribution is 2.27. The number of hydrogen-bond acceptors (Lipinski definition) is 3. The Morgan fingerprint density at radius 2 is 2.00 bits per heavy atom. The van der Waals surface area contributed by atoms with Crippen LogP contribution < -0.4 is 5.73 Å². The van der Waals surface area contributed by atoms with Crippen molar-refractivity contribution < 1.29 is 13.0 Å². The third-order valence-corrected chi connectivity index (χ3v) is 2.98. The summed E-state index contributed by atoms with van der Waals surface area (Å²) in [6.45, 7) is 1.51. The number of hydrogen-bond donors (Lipinski definition) is 2. The molecule has 1 aromatic carbocycles. The monoisotopic (exact) mass is 221 g/mol. The van der Waals surface area contributed by atoms with Gasteiger partial charge in [0.05, 0.1) is 5.02 Å². The lowest BCUT2D eigenvalue weighted by molar-refractivity contribution is 0.482. The third-order valence-electron chi connectivity index (χ3n) is 1.51. The molecule has 0 aliphatic carbocycles. The zero-order valence-corrected chi connectivity index (χ0v) is 8.35. The topological polar surface area (TPSA) is 80.4 Å². The van der Waals surface area contributed by atoms with Gasteiger partial charge >= 0.3 is 0 Å². The molecular formula is C7H8ClNO3S. The lowest BCUT2D eigenvalue weighted by Gasteiger charge is -2.05. The summed E-state index contributed by atoms with van der Waals surface area (Å²) in [5.41, 5.74) is 6.09. The molecule has 4 nitrogen and oxygen atoms in total. The first kappa shape index (κ1) is 10.3. The average Bonchev–Trinajstić information content (AvgIpc) is 1.78. The van der Waals surface area contributed by atoms with Crippen molar-refractivity contribution in [1.29, 1.82) is 0 Å². The van der Waals surface area contributed by atoms with Gasteiger partial charge in [0.15, 0.2) is 0 Å². The molecule has 0 fully saturated rings. The predicted molar refractivity (Wildman–Crippen MR) is 50.4 cm³/mol. The Balaban J connectivity index is 3.57. The van der Waals surface area contributed by atoms with Gasteiger partial charge in [-0.2, -0.15) is 8.42 Å². The fraction of sp³-hybridized carbons (Fsp3) is 0.143. The highest BCUT2D eigenvalue weighted by atomic mass is 35.5. The van der Waals surface area contributed by atoms with Gasteiger partial charge in [0.25, 0.3) is 10.1 Å². The fourth-order valence-corrected chi connectivity index (χ4v) is 2.42. The van der Waals surface area contributed by atoms with E-state index in [1.54, 1.807) is 0 Å². The Morgan fingerprint density at radius 1 is 1.46 bits per heavy atom. The van der Waals surface area contributed by atoms with Crippen LogP contribution in [0.3, 0.4) is 0 Å². The molecule has 72 valence electrons. The summed E-state index contributed by atoms with van der Waals surface area (Å²) in [7, 11) is -4.27. The van der Waals surface area contributed by atoms with Crippen LogP contribution in [0.15, 0.2) is 17.0 Å². The zero-order chi connectivity index (χ0) is 10.2. The zero-order valence-electron chi connectivity index (χ0n) is 6.78. The van der Waals surface area contributed by atoms with Crippen molar-refractivity contribution in [3.8, 4) is 0 Å². The van der Waals surface area contributed by atoms with Crippen LogP contribution in [0.5, 0.6) is 0 Å². The van der Waals surface area contributed by atoms with E-state index in [1.807, 2.05) is 0 Å². The molecule has 0 aliphatic heterocycles. The first-order chi connectivity index (χ1) is 5.82. The number of anilines is 1. The lowest BCUT2D eigenvalue weighted by Crippen LogP contribution is -2.02. The quantitative estimate of drug-likeness (QED) is 0.556. The van der Waals surface area contributed by atoms with Crippen molar-refractivity contribution >= 4 is 27.4 Å². The van der Waals surface area contributed by atoms with E-state index >= 15 is 0 Å². The first-order valence-electron chi connectivity index (χ1n) is 3.35. The van der Waals surface area contributed by atoms with Crippen molar-refractivity contribution in [2.24, 2.45) is 0 Å². The van der Waals surface area contributed by atoms with Gasteiger partial charge in [-0.05, 0) is 24.6 Å². The summed E-state index contributed by atoms with van der Waals surface area (Å²) < 4.78 is 30.4. The van der Waals surface area contributed by atoms with Crippen LogP contribution >= 0.6 is 11.6 Å². The molecule has 0 bridgehead atoms. The minimum atomic E-state index is -4.27. The number of halogens is 1. The summed E-state index contributed by atoms with van der Waals surface area (Å²) in [5.74, 6) is 0. The highest BCUT2D eigenvalue weighted by Gasteiger charge is 2.17. The summed E-state index contributed by atoms with van der Waals surface area (Å²) in [5, 5.41) is -0.0694. The fourth-order valence-electron chi connectivity index (χ4n) is 1.08. The number of aryl methyl sites for hydroxylation is 1. The van der Waals surface area contributed by atoms with E-state index in [-0.39, 0.29) is 9.92 Å². The molecule has 0 unspecified atom stereocenters. The van der Waals surface area contributed by atoms with E-state index in [0.717, 1.165) is 0 Å². The highest BCUT2D eigenvalue weighted by molar-refractivity contribution is 7.86. The van der Waals surface area contributed by atoms with Crippen molar-refractivity contribution in [3.63, 3.8) is 0 Å². The SMILES string of the molecule is Cc1cc(N)cc(Cl)c1S(=O)(=O)O. The minimum absolute atomic E-state index is 0.0694. The summed E-state index contributed by atoms with van der Waals surface area (Å²) in [6, 6.07) is 2.70. The van der Waals surface area contributed by atoms with Crippen molar-refractivity contribution in [3.05, 3.63) is 22.7 Å². The van der Waals surface area contributed by atoms with Gasteiger partial charge in [-0.15, -0.1) is 0 Å². The molecule has 1 aromatic rings. The molecule has 3 N–H and O–H groups in total. The maximum Gasteiger partial charge on any atom is 0.296 e. The first-order valence-corrected chi connectivity index (χ1v) is 5.17. The van der Waals surface area contributed by atoms with Crippen molar-refractivity contribution in [2.75, 3.05) is 5.73 Å². The average molecular weight is 222 g/mol. The van der Waals surface area contributed by atoms with Gasteiger partial charge < -0.3 is 5.73 Å². The molecule has 0 aromatic heterocycles. The van der Waals surface area contributed by atoms with Crippen LogP contribution in [0.4, 0.5) is 5.69 Å². The van der Waals surface area contributed by atoms with Crippen molar-refractivity contribution in [1.82, 2.24) is 0 Å². The standard InChI is InChI=1S/C7H8ClNO3S/c1-4-2-5(9)3-6(8)7(4)13(10,11)12/h2-3H,9H2,1H3,(H,10,11,12). The van der Waals surface area contributed by atoms with Crippen LogP contribution in [-0.2, 0) is 10.1 Å². The van der Waals surface area contributed by atoms with E-state index in [2.05, 4.69) is 0 Å². The van der Waals surface area contributed by atoms with Crippen LogP contribution in [0, 0.1) is 6.92 Å². The Morgan fingerprint density at radius 3 is 2.38 bits per heavy atom. The largest absolute Gasteiger partial charge is 0.399 e. The van der Waals surface area contributed by atoms with Gasteiger partial charge in [-0.3, -0.25) is 4.55 Å². The molecule has 1 rings (SSSR count). The van der Waals surface area contributed by atoms with E-state index in [1.165, 1.54) is 19.1 Å². The van der Waals surface area contributed by atoms with Gasteiger partial charge in [0.1, 0.15) is 4.90 Å². The molecule has 0 spiro atoms. The molecule has 0 saturated carbocycles. The Labute approximate surface area is 81.1 Å². The minimum Gasteiger partial charge on any atom is -0.399 e. The Bertz CT molecular complexity index is 418. The number of nitrogens with two attached hydrogens (primary N) is 1. The maximum absolute atomic E-state index is 10.8. The van der Waals surface area contributed by atoms with Gasteiger partial charge in [0.2, 0.25) is 0 Å². The van der Waals surface area contributed by atoms with Gasteiger partial charge in [-0.25, -0.2) is 0 Å². The smallest absolute Gasteiger partial charge is 0.296 e. The molecule has 13 heavy (non-hydrogen) atoms. The summed E-state index contributed by atoms with van der Waals surface area (Å²) in [6.07, 6.45) is 0. The van der Waals surface area contributed by atoms with Crippen LogP contribution in [0.2, 0.25) is 5.02 Å². The second kappa shape index (κ2) is 3.17. The summed E-state index contributed by atoms with van der Waals surface area (Å²) >= 11 is 5.60. The molecule has 0 atom stereocenters. The lowest BCUT2D eigenvalue weighted by atomic mass is 10.2. The van der Waals surface area contributed by atoms with Crippen molar-refractivity contribution in [2.45, 2.75) is 11.8 Å². The van der Waals surface area contributed by atoms with E-state index in [0.29, 0.717) is 11.3 Å². The van der Waals surface area contributed by atoms with Crippen LogP contribution in [-0.4, -0.2) is 13.0 Å². The Kier molecular flexibility index (Phi) is 2.51. The molecule has 0 saturated heterocycles. The number of nitrogen functional groups attached to an aromatic ring is 1. The van der Waals surface area contributed by atoms with E-state index in [4.69, 9.17) is 21.9 Å². The van der Waals surface area contributed by atoms with Crippen LogP contribution in [0.25, 0.3) is 0 Å². The number of rotatable bonds is 1. The normalized spacial score (nSPS) is 11.6.